The van der Waals surface area contributed by atoms with Gasteiger partial charge in [-0.05, 0) is 68.3 Å². The van der Waals surface area contributed by atoms with E-state index in [0.717, 1.165) is 22.6 Å². The number of rotatable bonds is 7. The van der Waals surface area contributed by atoms with Gasteiger partial charge in [-0.15, -0.1) is 0 Å². The molecule has 0 atom stereocenters. The van der Waals surface area contributed by atoms with Crippen LogP contribution in [0, 0.1) is 13.8 Å². The fourth-order valence-corrected chi connectivity index (χ4v) is 2.55. The molecule has 4 nitrogen and oxygen atoms in total. The van der Waals surface area contributed by atoms with Crippen molar-refractivity contribution in [3.63, 3.8) is 0 Å². The zero-order valence-electron chi connectivity index (χ0n) is 14.4. The Morgan fingerprint density at radius 2 is 1.58 bits per heavy atom. The molecule has 0 unspecified atom stereocenters. The Balaban J connectivity index is 1.87. The van der Waals surface area contributed by atoms with Crippen LogP contribution < -0.4 is 10.1 Å². The summed E-state index contributed by atoms with van der Waals surface area (Å²) < 4.78 is 5.35. The third-order valence-corrected chi connectivity index (χ3v) is 3.57. The number of hydrogen-bond donors (Lipinski definition) is 1. The average molecular weight is 325 g/mol. The Kier molecular flexibility index (Phi) is 6.13. The summed E-state index contributed by atoms with van der Waals surface area (Å²) >= 11 is 0. The lowest BCUT2D eigenvalue weighted by atomic mass is 10.1. The van der Waals surface area contributed by atoms with Crippen molar-refractivity contribution in [3.8, 4) is 5.75 Å². The molecule has 0 saturated heterocycles. The Morgan fingerprint density at radius 3 is 2.17 bits per heavy atom. The molecule has 24 heavy (non-hydrogen) atoms. The van der Waals surface area contributed by atoms with Crippen molar-refractivity contribution in [1.82, 2.24) is 0 Å². The molecule has 0 radical (unpaired) electrons. The summed E-state index contributed by atoms with van der Waals surface area (Å²) in [5, 5.41) is 2.85. The minimum absolute atomic E-state index is 0.0476. The minimum Gasteiger partial charge on any atom is -0.494 e. The average Bonchev–Trinajstić information content (AvgIpc) is 2.52. The highest BCUT2D eigenvalue weighted by Crippen LogP contribution is 2.16. The van der Waals surface area contributed by atoms with E-state index >= 15 is 0 Å². The molecule has 0 heterocycles. The quantitative estimate of drug-likeness (QED) is 0.772. The third kappa shape index (κ3) is 5.23. The monoisotopic (exact) mass is 325 g/mol. The van der Waals surface area contributed by atoms with Gasteiger partial charge in [0.2, 0.25) is 5.91 Å². The Bertz CT molecular complexity index is 700. The van der Waals surface area contributed by atoms with E-state index in [2.05, 4.69) is 5.32 Å². The highest BCUT2D eigenvalue weighted by atomic mass is 16.5. The predicted octanol–water partition coefficient (Wildman–Crippen LogP) is 4.30. The van der Waals surface area contributed by atoms with Crippen LogP contribution in [0.1, 0.15) is 41.3 Å². The molecule has 0 bridgehead atoms. The number of carbonyl (C=O) groups is 2. The van der Waals surface area contributed by atoms with Crippen LogP contribution >= 0.6 is 0 Å². The SMILES string of the molecule is CCOc1ccc(C(=O)CCC(=O)Nc2cc(C)cc(C)c2)cc1. The molecule has 4 heteroatoms. The zero-order chi connectivity index (χ0) is 17.5. The Morgan fingerprint density at radius 1 is 0.958 bits per heavy atom. The van der Waals surface area contributed by atoms with Crippen LogP contribution in [0.2, 0.25) is 0 Å². The number of nitrogens with one attached hydrogen (secondary N) is 1. The van der Waals surface area contributed by atoms with Gasteiger partial charge in [-0.1, -0.05) is 6.07 Å². The number of ether oxygens (including phenoxy) is 1. The first-order chi connectivity index (χ1) is 11.5. The molecule has 2 rings (SSSR count). The predicted molar refractivity (Wildman–Crippen MR) is 95.7 cm³/mol. The van der Waals surface area contributed by atoms with E-state index in [0.29, 0.717) is 12.2 Å². The number of hydrogen-bond acceptors (Lipinski definition) is 3. The lowest BCUT2D eigenvalue weighted by molar-refractivity contribution is -0.116. The zero-order valence-corrected chi connectivity index (χ0v) is 14.4. The van der Waals surface area contributed by atoms with E-state index in [1.54, 1.807) is 24.3 Å². The summed E-state index contributed by atoms with van der Waals surface area (Å²) in [5.74, 6) is 0.537. The van der Waals surface area contributed by atoms with E-state index in [-0.39, 0.29) is 24.5 Å². The number of aryl methyl sites for hydroxylation is 2. The van der Waals surface area contributed by atoms with E-state index in [9.17, 15) is 9.59 Å². The molecular weight excluding hydrogens is 302 g/mol. The van der Waals surface area contributed by atoms with Crippen LogP contribution in [-0.2, 0) is 4.79 Å². The van der Waals surface area contributed by atoms with Gasteiger partial charge in [-0.2, -0.15) is 0 Å². The van der Waals surface area contributed by atoms with Gasteiger partial charge in [-0.25, -0.2) is 0 Å². The molecule has 2 aromatic carbocycles. The largest absolute Gasteiger partial charge is 0.494 e. The van der Waals surface area contributed by atoms with Gasteiger partial charge in [0.1, 0.15) is 5.75 Å². The topological polar surface area (TPSA) is 55.4 Å². The van der Waals surface area contributed by atoms with Crippen molar-refractivity contribution in [2.75, 3.05) is 11.9 Å². The standard InChI is InChI=1S/C20H23NO3/c1-4-24-18-7-5-16(6-8-18)19(22)9-10-20(23)21-17-12-14(2)11-15(3)13-17/h5-8,11-13H,4,9-10H2,1-3H3,(H,21,23). The Labute approximate surface area is 142 Å². The summed E-state index contributed by atoms with van der Waals surface area (Å²) in [6, 6.07) is 12.9. The summed E-state index contributed by atoms with van der Waals surface area (Å²) in [6.45, 7) is 6.47. The Hall–Kier alpha value is -2.62. The first-order valence-electron chi connectivity index (χ1n) is 8.12. The van der Waals surface area contributed by atoms with E-state index in [1.807, 2.05) is 39.0 Å². The van der Waals surface area contributed by atoms with Crippen molar-refractivity contribution < 1.29 is 14.3 Å². The van der Waals surface area contributed by atoms with Crippen molar-refractivity contribution in [2.24, 2.45) is 0 Å². The van der Waals surface area contributed by atoms with Crippen molar-refractivity contribution in [1.29, 1.82) is 0 Å². The summed E-state index contributed by atoms with van der Waals surface area (Å²) in [4.78, 5) is 24.2. The van der Waals surface area contributed by atoms with Gasteiger partial charge >= 0.3 is 0 Å². The van der Waals surface area contributed by atoms with Gasteiger partial charge in [0.05, 0.1) is 6.61 Å². The third-order valence-electron chi connectivity index (χ3n) is 3.57. The maximum Gasteiger partial charge on any atom is 0.224 e. The van der Waals surface area contributed by atoms with Crippen LogP contribution in [0.15, 0.2) is 42.5 Å². The van der Waals surface area contributed by atoms with Gasteiger partial charge < -0.3 is 10.1 Å². The molecule has 0 aliphatic carbocycles. The molecule has 126 valence electrons. The molecule has 0 aliphatic heterocycles. The molecule has 0 spiro atoms. The molecular formula is C20H23NO3. The van der Waals surface area contributed by atoms with Gasteiger partial charge in [0, 0.05) is 24.1 Å². The molecule has 2 aromatic rings. The lowest BCUT2D eigenvalue weighted by Crippen LogP contribution is -2.13. The second-order valence-electron chi connectivity index (χ2n) is 5.81. The van der Waals surface area contributed by atoms with Crippen LogP contribution in [0.3, 0.4) is 0 Å². The summed E-state index contributed by atoms with van der Waals surface area (Å²) in [7, 11) is 0. The maximum atomic E-state index is 12.2. The van der Waals surface area contributed by atoms with Crippen LogP contribution in [0.4, 0.5) is 5.69 Å². The summed E-state index contributed by atoms with van der Waals surface area (Å²) in [5.41, 5.74) is 3.55. The molecule has 0 saturated carbocycles. The van der Waals surface area contributed by atoms with Crippen LogP contribution in [0.5, 0.6) is 5.75 Å². The number of anilines is 1. The number of amides is 1. The highest BCUT2D eigenvalue weighted by Gasteiger charge is 2.10. The molecule has 0 fully saturated rings. The van der Waals surface area contributed by atoms with Crippen LogP contribution in [0.25, 0.3) is 0 Å². The molecule has 0 aromatic heterocycles. The van der Waals surface area contributed by atoms with E-state index in [4.69, 9.17) is 4.74 Å². The number of benzene rings is 2. The van der Waals surface area contributed by atoms with Gasteiger partial charge in [0.25, 0.3) is 0 Å². The number of ketones is 1. The summed E-state index contributed by atoms with van der Waals surface area (Å²) in [6.07, 6.45) is 0.351. The van der Waals surface area contributed by atoms with Crippen molar-refractivity contribution in [3.05, 3.63) is 59.2 Å². The van der Waals surface area contributed by atoms with Crippen LogP contribution in [-0.4, -0.2) is 18.3 Å². The second kappa shape index (κ2) is 8.29. The highest BCUT2D eigenvalue weighted by molar-refractivity contribution is 6.00. The van der Waals surface area contributed by atoms with E-state index in [1.165, 1.54) is 0 Å². The van der Waals surface area contributed by atoms with Gasteiger partial charge in [-0.3, -0.25) is 9.59 Å². The maximum absolute atomic E-state index is 12.2. The van der Waals surface area contributed by atoms with E-state index < -0.39 is 0 Å². The molecule has 1 N–H and O–H groups in total. The lowest BCUT2D eigenvalue weighted by Gasteiger charge is -2.08. The fraction of sp³-hybridized carbons (Fsp3) is 0.300. The molecule has 1 amide bonds. The number of Topliss-reactive ketones (excluding diaryl/α,β-unsaturated/α-hetero) is 1. The van der Waals surface area contributed by atoms with Crippen molar-refractivity contribution in [2.45, 2.75) is 33.6 Å². The normalized spacial score (nSPS) is 10.3. The van der Waals surface area contributed by atoms with Gasteiger partial charge in [0.15, 0.2) is 5.78 Å². The number of carbonyl (C=O) groups excluding carboxylic acids is 2. The fourth-order valence-electron chi connectivity index (χ4n) is 2.55. The first-order valence-corrected chi connectivity index (χ1v) is 8.12. The van der Waals surface area contributed by atoms with Crippen molar-refractivity contribution >= 4 is 17.4 Å². The minimum atomic E-state index is -0.153. The molecule has 0 aliphatic rings. The second-order valence-corrected chi connectivity index (χ2v) is 5.81. The first kappa shape index (κ1) is 17.7. The smallest absolute Gasteiger partial charge is 0.224 e.